The SMILES string of the molecule is Cc1ccc(NC(=O)c2ccc(Cl)c(Cl)c2)cc1C(=O)O. The van der Waals surface area contributed by atoms with E-state index in [1.807, 2.05) is 0 Å². The van der Waals surface area contributed by atoms with E-state index in [0.717, 1.165) is 0 Å². The topological polar surface area (TPSA) is 66.4 Å². The molecule has 0 bridgehead atoms. The molecule has 2 aromatic rings. The van der Waals surface area contributed by atoms with Crippen molar-refractivity contribution in [3.05, 3.63) is 63.1 Å². The van der Waals surface area contributed by atoms with Gasteiger partial charge < -0.3 is 10.4 Å². The summed E-state index contributed by atoms with van der Waals surface area (Å²) in [5, 5.41) is 12.3. The first kappa shape index (κ1) is 15.4. The molecule has 0 unspecified atom stereocenters. The average molecular weight is 324 g/mol. The molecule has 0 aromatic heterocycles. The molecular weight excluding hydrogens is 313 g/mol. The van der Waals surface area contributed by atoms with Crippen LogP contribution in [0, 0.1) is 6.92 Å². The minimum absolute atomic E-state index is 0.141. The average Bonchev–Trinajstić information content (AvgIpc) is 2.43. The molecule has 0 heterocycles. The molecule has 0 atom stereocenters. The smallest absolute Gasteiger partial charge is 0.336 e. The van der Waals surface area contributed by atoms with Crippen LogP contribution in [0.4, 0.5) is 5.69 Å². The van der Waals surface area contributed by atoms with Crippen molar-refractivity contribution in [2.45, 2.75) is 6.92 Å². The van der Waals surface area contributed by atoms with Gasteiger partial charge in [-0.15, -0.1) is 0 Å². The fourth-order valence-corrected chi connectivity index (χ4v) is 2.07. The molecular formula is C15H11Cl2NO3. The van der Waals surface area contributed by atoms with Crippen LogP contribution in [0.5, 0.6) is 0 Å². The molecule has 0 radical (unpaired) electrons. The Labute approximate surface area is 131 Å². The van der Waals surface area contributed by atoms with Gasteiger partial charge in [-0.3, -0.25) is 4.79 Å². The highest BCUT2D eigenvalue weighted by Gasteiger charge is 2.11. The zero-order valence-corrected chi connectivity index (χ0v) is 12.5. The van der Waals surface area contributed by atoms with Gasteiger partial charge in [-0.2, -0.15) is 0 Å². The summed E-state index contributed by atoms with van der Waals surface area (Å²) in [7, 11) is 0. The molecule has 4 nitrogen and oxygen atoms in total. The fourth-order valence-electron chi connectivity index (χ4n) is 1.77. The lowest BCUT2D eigenvalue weighted by Crippen LogP contribution is -2.12. The van der Waals surface area contributed by atoms with Crippen LogP contribution in [0.3, 0.4) is 0 Å². The van der Waals surface area contributed by atoms with Gasteiger partial charge in [0.2, 0.25) is 0 Å². The lowest BCUT2D eigenvalue weighted by molar-refractivity contribution is 0.0695. The number of rotatable bonds is 3. The molecule has 21 heavy (non-hydrogen) atoms. The van der Waals surface area contributed by atoms with E-state index in [-0.39, 0.29) is 10.6 Å². The number of carbonyl (C=O) groups excluding carboxylic acids is 1. The summed E-state index contributed by atoms with van der Waals surface area (Å²) in [6.45, 7) is 1.69. The number of benzene rings is 2. The number of aryl methyl sites for hydroxylation is 1. The highest BCUT2D eigenvalue weighted by atomic mass is 35.5. The van der Waals surface area contributed by atoms with E-state index in [0.29, 0.717) is 21.8 Å². The van der Waals surface area contributed by atoms with Crippen molar-refractivity contribution in [3.8, 4) is 0 Å². The first-order valence-electron chi connectivity index (χ1n) is 5.99. The maximum Gasteiger partial charge on any atom is 0.336 e. The van der Waals surface area contributed by atoms with Crippen molar-refractivity contribution in [2.24, 2.45) is 0 Å². The molecule has 0 saturated carbocycles. The van der Waals surface area contributed by atoms with Gasteiger partial charge in [-0.05, 0) is 42.8 Å². The monoisotopic (exact) mass is 323 g/mol. The third kappa shape index (κ3) is 3.54. The Morgan fingerprint density at radius 2 is 1.76 bits per heavy atom. The number of carboxylic acids is 1. The number of aromatic carboxylic acids is 1. The number of carbonyl (C=O) groups is 2. The van der Waals surface area contributed by atoms with Gasteiger partial charge in [-0.1, -0.05) is 29.3 Å². The van der Waals surface area contributed by atoms with Gasteiger partial charge >= 0.3 is 5.97 Å². The molecule has 108 valence electrons. The summed E-state index contributed by atoms with van der Waals surface area (Å²) in [5.74, 6) is -1.44. The van der Waals surface area contributed by atoms with E-state index in [1.54, 1.807) is 19.1 Å². The van der Waals surface area contributed by atoms with Crippen molar-refractivity contribution in [1.29, 1.82) is 0 Å². The predicted molar refractivity (Wildman–Crippen MR) is 82.6 cm³/mol. The van der Waals surface area contributed by atoms with Crippen LogP contribution in [0.15, 0.2) is 36.4 Å². The second-order valence-electron chi connectivity index (χ2n) is 4.42. The Balaban J connectivity index is 2.25. The summed E-state index contributed by atoms with van der Waals surface area (Å²) in [5.41, 5.74) is 1.49. The number of carboxylic acid groups (broad SMARTS) is 1. The van der Waals surface area contributed by atoms with Gasteiger partial charge in [0.1, 0.15) is 0 Å². The molecule has 6 heteroatoms. The molecule has 0 aliphatic carbocycles. The highest BCUT2D eigenvalue weighted by molar-refractivity contribution is 6.42. The maximum atomic E-state index is 12.1. The molecule has 0 saturated heterocycles. The predicted octanol–water partition coefficient (Wildman–Crippen LogP) is 4.25. The second-order valence-corrected chi connectivity index (χ2v) is 5.23. The minimum Gasteiger partial charge on any atom is -0.478 e. The van der Waals surface area contributed by atoms with Gasteiger partial charge in [0.15, 0.2) is 0 Å². The van der Waals surface area contributed by atoms with E-state index in [4.69, 9.17) is 28.3 Å². The van der Waals surface area contributed by atoms with E-state index in [9.17, 15) is 9.59 Å². The number of halogens is 2. The molecule has 2 rings (SSSR count). The van der Waals surface area contributed by atoms with Crippen molar-refractivity contribution < 1.29 is 14.7 Å². The Bertz CT molecular complexity index is 729. The highest BCUT2D eigenvalue weighted by Crippen LogP contribution is 2.23. The zero-order valence-electron chi connectivity index (χ0n) is 11.0. The quantitative estimate of drug-likeness (QED) is 0.887. The van der Waals surface area contributed by atoms with E-state index in [1.165, 1.54) is 24.3 Å². The number of hydrogen-bond acceptors (Lipinski definition) is 2. The Morgan fingerprint density at radius 3 is 2.38 bits per heavy atom. The van der Waals surface area contributed by atoms with Crippen LogP contribution in [0.25, 0.3) is 0 Å². The lowest BCUT2D eigenvalue weighted by Gasteiger charge is -2.08. The largest absolute Gasteiger partial charge is 0.478 e. The summed E-state index contributed by atoms with van der Waals surface area (Å²) >= 11 is 11.6. The Hall–Kier alpha value is -2.04. The number of nitrogens with one attached hydrogen (secondary N) is 1. The third-order valence-electron chi connectivity index (χ3n) is 2.91. The minimum atomic E-state index is -1.04. The molecule has 2 aromatic carbocycles. The Morgan fingerprint density at radius 1 is 1.05 bits per heavy atom. The van der Waals surface area contributed by atoms with Crippen molar-refractivity contribution in [3.63, 3.8) is 0 Å². The first-order chi connectivity index (χ1) is 9.88. The van der Waals surface area contributed by atoms with Crippen LogP contribution in [0.1, 0.15) is 26.3 Å². The summed E-state index contributed by atoms with van der Waals surface area (Å²) < 4.78 is 0. The standard InChI is InChI=1S/C15H11Cl2NO3/c1-8-2-4-10(7-11(8)15(20)21)18-14(19)9-3-5-12(16)13(17)6-9/h2-7H,1H3,(H,18,19)(H,20,21). The van der Waals surface area contributed by atoms with E-state index >= 15 is 0 Å². The maximum absolute atomic E-state index is 12.1. The molecule has 2 N–H and O–H groups in total. The second kappa shape index (κ2) is 6.16. The fraction of sp³-hybridized carbons (Fsp3) is 0.0667. The summed E-state index contributed by atoms with van der Waals surface area (Å²) in [6, 6.07) is 9.19. The van der Waals surface area contributed by atoms with E-state index in [2.05, 4.69) is 5.32 Å². The van der Waals surface area contributed by atoms with Crippen LogP contribution >= 0.6 is 23.2 Å². The lowest BCUT2D eigenvalue weighted by atomic mass is 10.1. The van der Waals surface area contributed by atoms with Gasteiger partial charge in [0.25, 0.3) is 5.91 Å². The normalized spacial score (nSPS) is 10.2. The summed E-state index contributed by atoms with van der Waals surface area (Å²) in [6.07, 6.45) is 0. The van der Waals surface area contributed by atoms with Crippen LogP contribution in [-0.4, -0.2) is 17.0 Å². The van der Waals surface area contributed by atoms with Gasteiger partial charge in [-0.25, -0.2) is 4.79 Å². The first-order valence-corrected chi connectivity index (χ1v) is 6.74. The van der Waals surface area contributed by atoms with E-state index < -0.39 is 11.9 Å². The number of hydrogen-bond donors (Lipinski definition) is 2. The number of anilines is 1. The van der Waals surface area contributed by atoms with Crippen LogP contribution in [0.2, 0.25) is 10.0 Å². The molecule has 0 fully saturated rings. The van der Waals surface area contributed by atoms with Gasteiger partial charge in [0.05, 0.1) is 15.6 Å². The molecule has 0 spiro atoms. The third-order valence-corrected chi connectivity index (χ3v) is 3.65. The molecule has 0 aliphatic rings. The van der Waals surface area contributed by atoms with Crippen molar-refractivity contribution >= 4 is 40.8 Å². The van der Waals surface area contributed by atoms with Gasteiger partial charge in [0, 0.05) is 11.3 Å². The van der Waals surface area contributed by atoms with Crippen molar-refractivity contribution in [2.75, 3.05) is 5.32 Å². The number of amides is 1. The van der Waals surface area contributed by atoms with Crippen LogP contribution < -0.4 is 5.32 Å². The molecule has 0 aliphatic heterocycles. The summed E-state index contributed by atoms with van der Waals surface area (Å²) in [4.78, 5) is 23.2. The zero-order chi connectivity index (χ0) is 15.6. The van der Waals surface area contributed by atoms with Crippen LogP contribution in [-0.2, 0) is 0 Å². The van der Waals surface area contributed by atoms with Crippen molar-refractivity contribution in [1.82, 2.24) is 0 Å². The molecule has 1 amide bonds. The Kier molecular flexibility index (Phi) is 4.50.